The number of para-hydroxylation sites is 2. The second-order valence-electron chi connectivity index (χ2n) is 4.21. The van der Waals surface area contributed by atoms with E-state index in [9.17, 15) is 0 Å². The van der Waals surface area contributed by atoms with E-state index >= 15 is 0 Å². The lowest BCUT2D eigenvalue weighted by Gasteiger charge is -2.20. The molecule has 1 aromatic carbocycles. The van der Waals surface area contributed by atoms with Crippen LogP contribution in [0.25, 0.3) is 11.1 Å². The molecule has 0 aliphatic rings. The van der Waals surface area contributed by atoms with Crippen molar-refractivity contribution >= 4 is 22.9 Å². The quantitative estimate of drug-likeness (QED) is 0.838. The zero-order valence-corrected chi connectivity index (χ0v) is 11.3. The van der Waals surface area contributed by atoms with Crippen molar-refractivity contribution in [2.75, 3.05) is 12.3 Å². The second kappa shape index (κ2) is 5.42. The largest absolute Gasteiger partial charge is 0.431 e. The zero-order valence-electron chi connectivity index (χ0n) is 10.4. The van der Waals surface area contributed by atoms with E-state index in [-0.39, 0.29) is 0 Å². The summed E-state index contributed by atoms with van der Waals surface area (Å²) in [7, 11) is 0. The van der Waals surface area contributed by atoms with Crippen LogP contribution < -0.4 is 5.32 Å². The van der Waals surface area contributed by atoms with Gasteiger partial charge in [0.25, 0.3) is 5.22 Å². The summed E-state index contributed by atoms with van der Waals surface area (Å²) >= 11 is 1.45. The minimum absolute atomic E-state index is 0.555. The van der Waals surface area contributed by atoms with E-state index in [0.29, 0.717) is 11.0 Å². The van der Waals surface area contributed by atoms with Gasteiger partial charge in [-0.05, 0) is 25.6 Å². The number of fused-ring (bicyclic) bond motifs is 1. The van der Waals surface area contributed by atoms with Gasteiger partial charge >= 0.3 is 0 Å². The van der Waals surface area contributed by atoms with E-state index in [1.54, 1.807) is 0 Å². The van der Waals surface area contributed by atoms with Crippen LogP contribution in [0.15, 0.2) is 33.9 Å². The number of rotatable bonds is 5. The minimum Gasteiger partial charge on any atom is -0.431 e. The van der Waals surface area contributed by atoms with Crippen molar-refractivity contribution in [3.05, 3.63) is 24.3 Å². The Morgan fingerprint density at radius 3 is 2.94 bits per heavy atom. The number of hydrogen-bond acceptors (Lipinski definition) is 5. The highest BCUT2D eigenvalue weighted by Gasteiger charge is 2.23. The van der Waals surface area contributed by atoms with Crippen molar-refractivity contribution in [3.63, 3.8) is 0 Å². The monoisotopic (exact) mass is 261 g/mol. The molecule has 1 aromatic heterocycles. The predicted octanol–water partition coefficient (Wildman–Crippen LogP) is 2.81. The van der Waals surface area contributed by atoms with Gasteiger partial charge in [-0.25, -0.2) is 4.98 Å². The number of nitriles is 1. The Balaban J connectivity index is 2.08. The molecular weight excluding hydrogens is 246 g/mol. The molecule has 18 heavy (non-hydrogen) atoms. The van der Waals surface area contributed by atoms with Crippen LogP contribution in [0.2, 0.25) is 0 Å². The normalized spacial score (nSPS) is 14.3. The summed E-state index contributed by atoms with van der Waals surface area (Å²) in [5.74, 6) is 0.601. The number of oxazole rings is 1. The van der Waals surface area contributed by atoms with Crippen LogP contribution in [0, 0.1) is 11.3 Å². The first-order valence-corrected chi connectivity index (χ1v) is 6.80. The third-order valence-corrected chi connectivity index (χ3v) is 3.72. The maximum atomic E-state index is 9.16. The molecule has 5 heteroatoms. The molecule has 0 saturated heterocycles. The number of aromatic nitrogens is 1. The summed E-state index contributed by atoms with van der Waals surface area (Å²) in [5, 5.41) is 12.9. The molecule has 0 fully saturated rings. The third-order valence-electron chi connectivity index (χ3n) is 2.57. The smallest absolute Gasteiger partial charge is 0.256 e. The molecule has 94 valence electrons. The lowest BCUT2D eigenvalue weighted by Crippen LogP contribution is -2.43. The Morgan fingerprint density at radius 2 is 2.28 bits per heavy atom. The molecule has 2 rings (SSSR count). The van der Waals surface area contributed by atoms with Gasteiger partial charge in [0.2, 0.25) is 0 Å². The first-order valence-electron chi connectivity index (χ1n) is 5.81. The number of benzene rings is 1. The second-order valence-corrected chi connectivity index (χ2v) is 5.14. The summed E-state index contributed by atoms with van der Waals surface area (Å²) < 4.78 is 5.60. The van der Waals surface area contributed by atoms with Crippen LogP contribution in [0.1, 0.15) is 13.8 Å². The number of thioether (sulfide) groups is 1. The minimum atomic E-state index is -0.555. The molecule has 1 N–H and O–H groups in total. The molecule has 0 radical (unpaired) electrons. The van der Waals surface area contributed by atoms with Gasteiger partial charge in [0.05, 0.1) is 6.07 Å². The zero-order chi connectivity index (χ0) is 13.0. The first kappa shape index (κ1) is 12.9. The van der Waals surface area contributed by atoms with Gasteiger partial charge in [0.15, 0.2) is 5.58 Å². The van der Waals surface area contributed by atoms with E-state index in [2.05, 4.69) is 16.4 Å². The molecule has 1 atom stereocenters. The molecule has 0 aliphatic heterocycles. The van der Waals surface area contributed by atoms with Gasteiger partial charge in [-0.1, -0.05) is 30.8 Å². The lowest BCUT2D eigenvalue weighted by molar-refractivity contribution is 0.481. The summed E-state index contributed by atoms with van der Waals surface area (Å²) in [6.45, 7) is 4.63. The highest BCUT2D eigenvalue weighted by Crippen LogP contribution is 2.25. The van der Waals surface area contributed by atoms with Crippen molar-refractivity contribution in [1.29, 1.82) is 5.26 Å². The number of nitrogens with one attached hydrogen (secondary N) is 1. The first-order chi connectivity index (χ1) is 8.67. The van der Waals surface area contributed by atoms with Crippen molar-refractivity contribution in [1.82, 2.24) is 10.3 Å². The maximum Gasteiger partial charge on any atom is 0.256 e. The number of hydrogen-bond donors (Lipinski definition) is 1. The van der Waals surface area contributed by atoms with E-state index < -0.39 is 5.54 Å². The van der Waals surface area contributed by atoms with Crippen molar-refractivity contribution in [2.45, 2.75) is 24.6 Å². The van der Waals surface area contributed by atoms with Gasteiger partial charge in [-0.3, -0.25) is 5.32 Å². The van der Waals surface area contributed by atoms with Crippen LogP contribution in [-0.4, -0.2) is 22.8 Å². The lowest BCUT2D eigenvalue weighted by atomic mass is 10.1. The van der Waals surface area contributed by atoms with Crippen molar-refractivity contribution < 1.29 is 4.42 Å². The van der Waals surface area contributed by atoms with Crippen molar-refractivity contribution in [3.8, 4) is 6.07 Å². The number of nitrogens with zero attached hydrogens (tertiary/aromatic N) is 2. The summed E-state index contributed by atoms with van der Waals surface area (Å²) in [6.07, 6.45) is 0. The average molecular weight is 261 g/mol. The van der Waals surface area contributed by atoms with E-state index in [4.69, 9.17) is 9.68 Å². The summed E-state index contributed by atoms with van der Waals surface area (Å²) in [4.78, 5) is 4.37. The van der Waals surface area contributed by atoms with Crippen molar-refractivity contribution in [2.24, 2.45) is 0 Å². The standard InChI is InChI=1S/C13H15N3OS/c1-3-15-13(2,8-14)9-18-12-16-10-6-4-5-7-11(10)17-12/h4-7,15H,3,9H2,1-2H3. The van der Waals surface area contributed by atoms with E-state index in [1.165, 1.54) is 11.8 Å². The van der Waals surface area contributed by atoms with E-state index in [0.717, 1.165) is 17.6 Å². The molecule has 1 unspecified atom stereocenters. The highest BCUT2D eigenvalue weighted by atomic mass is 32.2. The molecule has 4 nitrogen and oxygen atoms in total. The molecule has 0 saturated carbocycles. The van der Waals surface area contributed by atoms with Crippen LogP contribution in [0.5, 0.6) is 0 Å². The Bertz CT molecular complexity index is 542. The summed E-state index contributed by atoms with van der Waals surface area (Å²) in [6, 6.07) is 9.93. The van der Waals surface area contributed by atoms with Crippen LogP contribution in [-0.2, 0) is 0 Å². The predicted molar refractivity (Wildman–Crippen MR) is 72.4 cm³/mol. The fourth-order valence-corrected chi connectivity index (χ4v) is 2.52. The van der Waals surface area contributed by atoms with Crippen LogP contribution >= 0.6 is 11.8 Å². The molecule has 1 heterocycles. The summed E-state index contributed by atoms with van der Waals surface area (Å²) in [5.41, 5.74) is 1.07. The Morgan fingerprint density at radius 1 is 1.50 bits per heavy atom. The topological polar surface area (TPSA) is 61.9 Å². The molecule has 0 aliphatic carbocycles. The Labute approximate surface area is 110 Å². The van der Waals surface area contributed by atoms with Crippen LogP contribution in [0.4, 0.5) is 0 Å². The fourth-order valence-electron chi connectivity index (χ4n) is 1.63. The van der Waals surface area contributed by atoms with Crippen LogP contribution in [0.3, 0.4) is 0 Å². The molecular formula is C13H15N3OS. The fraction of sp³-hybridized carbons (Fsp3) is 0.385. The van der Waals surface area contributed by atoms with Gasteiger partial charge < -0.3 is 4.42 Å². The molecule has 0 spiro atoms. The molecule has 0 amide bonds. The Kier molecular flexibility index (Phi) is 3.90. The van der Waals surface area contributed by atoms with Gasteiger partial charge in [-0.15, -0.1) is 0 Å². The van der Waals surface area contributed by atoms with E-state index in [1.807, 2.05) is 38.1 Å². The SMILES string of the molecule is CCNC(C)(C#N)CSc1nc2ccccc2o1. The van der Waals surface area contributed by atoms with Gasteiger partial charge in [0.1, 0.15) is 11.1 Å². The molecule has 0 bridgehead atoms. The average Bonchev–Trinajstić information content (AvgIpc) is 2.79. The van der Waals surface area contributed by atoms with Gasteiger partial charge in [-0.2, -0.15) is 5.26 Å². The highest BCUT2D eigenvalue weighted by molar-refractivity contribution is 7.99. The Hall–Kier alpha value is -1.51. The third kappa shape index (κ3) is 2.84. The molecule has 2 aromatic rings. The maximum absolute atomic E-state index is 9.16. The van der Waals surface area contributed by atoms with Gasteiger partial charge in [0, 0.05) is 5.75 Å².